The SMILES string of the molecule is CC(=O)N1CC2(CC(Oc3ccc(C(F)F)cc3NC(=O)N3CCC(c4ccc(C)c(F)c4)(c4ncns4)C3)C2)C1. The summed E-state index contributed by atoms with van der Waals surface area (Å²) in [4.78, 5) is 32.9. The maximum atomic E-state index is 14.6. The number of alkyl halides is 2. The number of hydrogen-bond donors (Lipinski definition) is 1. The summed E-state index contributed by atoms with van der Waals surface area (Å²) in [7, 11) is 0. The molecule has 0 radical (unpaired) electrons. The van der Waals surface area contributed by atoms with Crippen LogP contribution in [0.4, 0.5) is 23.7 Å². The average molecular weight is 586 g/mol. The third-order valence-electron chi connectivity index (χ3n) is 8.66. The molecule has 1 unspecified atom stereocenters. The number of aryl methyl sites for hydroxylation is 1. The molecule has 2 aliphatic heterocycles. The third-order valence-corrected chi connectivity index (χ3v) is 9.53. The van der Waals surface area contributed by atoms with Crippen LogP contribution in [-0.2, 0) is 10.2 Å². The molecule has 12 heteroatoms. The molecule has 3 aromatic rings. The number of benzene rings is 2. The van der Waals surface area contributed by atoms with E-state index >= 15 is 0 Å². The van der Waals surface area contributed by atoms with Gasteiger partial charge >= 0.3 is 6.03 Å². The number of hydrogen-bond acceptors (Lipinski definition) is 6. The molecule has 1 aromatic heterocycles. The van der Waals surface area contributed by atoms with Crippen molar-refractivity contribution in [1.82, 2.24) is 19.2 Å². The Balaban J connectivity index is 1.19. The van der Waals surface area contributed by atoms with Crippen LogP contribution in [0.5, 0.6) is 5.75 Å². The molecule has 3 fully saturated rings. The van der Waals surface area contributed by atoms with Crippen LogP contribution in [0.3, 0.4) is 0 Å². The van der Waals surface area contributed by atoms with Crippen LogP contribution in [0.1, 0.15) is 54.3 Å². The van der Waals surface area contributed by atoms with E-state index in [4.69, 9.17) is 4.74 Å². The minimum Gasteiger partial charge on any atom is -0.488 e. The molecule has 1 N–H and O–H groups in total. The van der Waals surface area contributed by atoms with Gasteiger partial charge in [0.1, 0.15) is 29.0 Å². The Hall–Kier alpha value is -3.67. The quantitative estimate of drug-likeness (QED) is 0.411. The van der Waals surface area contributed by atoms with Crippen molar-refractivity contribution in [2.75, 3.05) is 31.5 Å². The second kappa shape index (κ2) is 10.3. The molecule has 3 aliphatic rings. The lowest BCUT2D eigenvalue weighted by Gasteiger charge is -2.58. The fraction of sp³-hybridized carbons (Fsp3) is 0.448. The molecular weight excluding hydrogens is 555 g/mol. The first-order chi connectivity index (χ1) is 19.6. The Morgan fingerprint density at radius 3 is 2.56 bits per heavy atom. The summed E-state index contributed by atoms with van der Waals surface area (Å²) < 4.78 is 52.0. The standard InChI is InChI=1S/C29H30F3N5O3S/c1-17-3-5-20(10-22(17)30)29(26-33-16-34-41-26)7-8-36(15-29)27(39)35-23-9-19(25(31)32)4-6-24(23)40-21-11-28(12-21)13-37(14-28)18(2)38/h3-6,9-10,16,21,25H,7-8,11-15H2,1-2H3,(H,35,39). The van der Waals surface area contributed by atoms with Crippen molar-refractivity contribution in [3.05, 3.63) is 70.2 Å². The monoisotopic (exact) mass is 585 g/mol. The summed E-state index contributed by atoms with van der Waals surface area (Å²) >= 11 is 1.21. The number of anilines is 1. The van der Waals surface area contributed by atoms with E-state index in [2.05, 4.69) is 14.7 Å². The Morgan fingerprint density at radius 1 is 1.12 bits per heavy atom. The fourth-order valence-corrected chi connectivity index (χ4v) is 7.03. The number of urea groups is 1. The van der Waals surface area contributed by atoms with Gasteiger partial charge in [-0.2, -0.15) is 4.37 Å². The van der Waals surface area contributed by atoms with Crippen LogP contribution in [-0.4, -0.2) is 63.4 Å². The van der Waals surface area contributed by atoms with Gasteiger partial charge in [0.05, 0.1) is 11.1 Å². The van der Waals surface area contributed by atoms with Gasteiger partial charge in [-0.15, -0.1) is 0 Å². The zero-order valence-electron chi connectivity index (χ0n) is 22.7. The van der Waals surface area contributed by atoms with Crippen LogP contribution >= 0.6 is 11.5 Å². The van der Waals surface area contributed by atoms with Gasteiger partial charge in [0, 0.05) is 44.1 Å². The number of amides is 3. The number of rotatable bonds is 6. The Kier molecular flexibility index (Phi) is 6.91. The number of likely N-dealkylation sites (tertiary alicyclic amines) is 2. The predicted octanol–water partition coefficient (Wildman–Crippen LogP) is 5.54. The molecule has 6 rings (SSSR count). The highest BCUT2D eigenvalue weighted by atomic mass is 32.1. The summed E-state index contributed by atoms with van der Waals surface area (Å²) in [5.41, 5.74) is 0.479. The zero-order chi connectivity index (χ0) is 28.9. The normalized spacial score (nSPS) is 21.6. The van der Waals surface area contributed by atoms with Gasteiger partial charge in [-0.3, -0.25) is 4.79 Å². The lowest BCUT2D eigenvalue weighted by molar-refractivity contribution is -0.157. The highest BCUT2D eigenvalue weighted by Crippen LogP contribution is 2.50. The van der Waals surface area contributed by atoms with E-state index < -0.39 is 17.9 Å². The first-order valence-electron chi connectivity index (χ1n) is 13.5. The molecule has 2 aromatic carbocycles. The van der Waals surface area contributed by atoms with Gasteiger partial charge in [-0.25, -0.2) is 22.9 Å². The minimum atomic E-state index is -2.72. The first-order valence-corrected chi connectivity index (χ1v) is 14.3. The summed E-state index contributed by atoms with van der Waals surface area (Å²) in [5.74, 6) is 0.0336. The van der Waals surface area contributed by atoms with E-state index in [1.807, 2.05) is 6.07 Å². The van der Waals surface area contributed by atoms with E-state index in [1.165, 1.54) is 42.1 Å². The van der Waals surface area contributed by atoms with E-state index in [0.717, 1.165) is 12.8 Å². The average Bonchev–Trinajstić information content (AvgIpc) is 3.58. The predicted molar refractivity (Wildman–Crippen MR) is 147 cm³/mol. The third kappa shape index (κ3) is 5.02. The lowest BCUT2D eigenvalue weighted by Crippen LogP contribution is -2.65. The van der Waals surface area contributed by atoms with Crippen molar-refractivity contribution in [2.24, 2.45) is 5.41 Å². The van der Waals surface area contributed by atoms with Crippen LogP contribution in [0.2, 0.25) is 0 Å². The van der Waals surface area contributed by atoms with E-state index in [0.29, 0.717) is 47.9 Å². The zero-order valence-corrected chi connectivity index (χ0v) is 23.5. The van der Waals surface area contributed by atoms with Gasteiger partial charge in [-0.05, 0) is 73.1 Å². The highest BCUT2D eigenvalue weighted by molar-refractivity contribution is 7.05. The minimum absolute atomic E-state index is 0.0529. The maximum absolute atomic E-state index is 14.6. The number of carbonyl (C=O) groups is 2. The molecule has 3 amide bonds. The molecule has 1 atom stereocenters. The van der Waals surface area contributed by atoms with Crippen LogP contribution < -0.4 is 10.1 Å². The fourth-order valence-electron chi connectivity index (χ4n) is 6.28. The number of nitrogens with one attached hydrogen (secondary N) is 1. The van der Waals surface area contributed by atoms with E-state index in [9.17, 15) is 22.8 Å². The smallest absolute Gasteiger partial charge is 0.321 e. The molecule has 0 bridgehead atoms. The van der Waals surface area contributed by atoms with Crippen molar-refractivity contribution in [3.8, 4) is 5.75 Å². The molecule has 216 valence electrons. The lowest BCUT2D eigenvalue weighted by atomic mass is 9.61. The van der Waals surface area contributed by atoms with Gasteiger partial charge in [0.15, 0.2) is 0 Å². The van der Waals surface area contributed by atoms with Gasteiger partial charge in [0.2, 0.25) is 5.91 Å². The summed E-state index contributed by atoms with van der Waals surface area (Å²) in [6.45, 7) is 5.21. The number of nitrogens with zero attached hydrogens (tertiary/aromatic N) is 4. The summed E-state index contributed by atoms with van der Waals surface area (Å²) in [6, 6.07) is 8.59. The Labute approximate surface area is 239 Å². The van der Waals surface area contributed by atoms with Crippen molar-refractivity contribution >= 4 is 29.2 Å². The maximum Gasteiger partial charge on any atom is 0.321 e. The topological polar surface area (TPSA) is 87.7 Å². The second-order valence-electron chi connectivity index (χ2n) is 11.5. The largest absolute Gasteiger partial charge is 0.488 e. The highest BCUT2D eigenvalue weighted by Gasteiger charge is 2.54. The number of halogens is 3. The summed E-state index contributed by atoms with van der Waals surface area (Å²) in [5, 5.41) is 3.47. The van der Waals surface area contributed by atoms with Crippen LogP contribution in [0, 0.1) is 18.2 Å². The van der Waals surface area contributed by atoms with Gasteiger partial charge in [-0.1, -0.05) is 12.1 Å². The van der Waals surface area contributed by atoms with Crippen molar-refractivity contribution in [2.45, 2.75) is 51.1 Å². The first kappa shape index (κ1) is 27.5. The molecule has 2 saturated heterocycles. The Morgan fingerprint density at radius 2 is 1.90 bits per heavy atom. The van der Waals surface area contributed by atoms with Crippen LogP contribution in [0.25, 0.3) is 0 Å². The molecule has 3 heterocycles. The van der Waals surface area contributed by atoms with Crippen LogP contribution in [0.15, 0.2) is 42.7 Å². The van der Waals surface area contributed by atoms with Crippen molar-refractivity contribution < 1.29 is 27.5 Å². The van der Waals surface area contributed by atoms with E-state index in [1.54, 1.807) is 29.7 Å². The number of ether oxygens (including phenoxy) is 1. The van der Waals surface area contributed by atoms with Crippen molar-refractivity contribution in [1.29, 1.82) is 0 Å². The molecular formula is C29H30F3N5O3S. The van der Waals surface area contributed by atoms with E-state index in [-0.39, 0.29) is 41.0 Å². The summed E-state index contributed by atoms with van der Waals surface area (Å²) in [6.07, 6.45) is 0.604. The molecule has 1 aliphatic carbocycles. The Bertz CT molecular complexity index is 1470. The van der Waals surface area contributed by atoms with Crippen molar-refractivity contribution in [3.63, 3.8) is 0 Å². The molecule has 1 saturated carbocycles. The number of carbonyl (C=O) groups excluding carboxylic acids is 2. The van der Waals surface area contributed by atoms with Gasteiger partial charge < -0.3 is 19.9 Å². The van der Waals surface area contributed by atoms with Gasteiger partial charge in [0.25, 0.3) is 6.43 Å². The molecule has 41 heavy (non-hydrogen) atoms. The second-order valence-corrected chi connectivity index (χ2v) is 12.3. The molecule has 8 nitrogen and oxygen atoms in total. The number of aromatic nitrogens is 2. The molecule has 1 spiro atoms.